The molecule has 9 aromatic rings. The molecule has 0 fully saturated rings. The van der Waals surface area contributed by atoms with Gasteiger partial charge in [-0.15, -0.1) is 0 Å². The van der Waals surface area contributed by atoms with Gasteiger partial charge in [-0.3, -0.25) is 14.4 Å². The van der Waals surface area contributed by atoms with Crippen molar-refractivity contribution in [2.24, 2.45) is 0 Å². The molecule has 0 spiro atoms. The summed E-state index contributed by atoms with van der Waals surface area (Å²) in [5.41, 5.74) is 9.48. The van der Waals surface area contributed by atoms with Gasteiger partial charge in [0.2, 0.25) is 0 Å². The number of carboxylic acids is 1. The molecule has 0 saturated carbocycles. The maximum absolute atomic E-state index is 14.1. The van der Waals surface area contributed by atoms with Crippen LogP contribution in [0.3, 0.4) is 0 Å². The van der Waals surface area contributed by atoms with Crippen molar-refractivity contribution in [2.45, 2.75) is 0 Å². The Hall–Kier alpha value is -7.38. The van der Waals surface area contributed by atoms with Crippen molar-refractivity contribution in [1.29, 1.82) is 0 Å². The number of carbonyl (C=O) groups excluding carboxylic acids is 1. The van der Waals surface area contributed by atoms with Crippen molar-refractivity contribution in [3.8, 4) is 50.3 Å². The summed E-state index contributed by atoms with van der Waals surface area (Å²) in [6.07, 6.45) is 0. The zero-order valence-corrected chi connectivity index (χ0v) is 27.9. The summed E-state index contributed by atoms with van der Waals surface area (Å²) in [4.78, 5) is 50.1. The highest BCUT2D eigenvalue weighted by molar-refractivity contribution is 6.08. The van der Waals surface area contributed by atoms with Crippen molar-refractivity contribution in [3.63, 3.8) is 0 Å². The molecule has 2 aromatic heterocycles. The number of ether oxygens (including phenoxy) is 1. The van der Waals surface area contributed by atoms with Crippen LogP contribution in [0.2, 0.25) is 0 Å². The molecule has 0 bridgehead atoms. The predicted molar refractivity (Wildman–Crippen MR) is 209 cm³/mol. The molecule has 1 N–H and O–H groups in total. The molecule has 252 valence electrons. The van der Waals surface area contributed by atoms with E-state index in [0.717, 1.165) is 44.5 Å². The second-order valence-corrected chi connectivity index (χ2v) is 12.9. The zero-order valence-electron chi connectivity index (χ0n) is 27.9. The summed E-state index contributed by atoms with van der Waals surface area (Å²) in [5, 5.41) is 11.3. The molecule has 7 aromatic carbocycles. The topological polar surface area (TPSA) is 102 Å². The Bertz CT molecular complexity index is 3020. The number of aromatic carboxylic acids is 1. The van der Waals surface area contributed by atoms with E-state index in [2.05, 4.69) is 0 Å². The average Bonchev–Trinajstić information content (AvgIpc) is 3.21. The minimum absolute atomic E-state index is 0.130. The first-order chi connectivity index (χ1) is 25.9. The smallest absolute Gasteiger partial charge is 0.335 e. The number of hydrogen-bond acceptors (Lipinski definition) is 5. The van der Waals surface area contributed by atoms with E-state index >= 15 is 0 Å². The van der Waals surface area contributed by atoms with Gasteiger partial charge in [-0.05, 0) is 105 Å². The standard InChI is InChI=1S/C46H27NO6/c48-26-53-36-20-16-30(17-21-36)28-6-10-32(11-7-28)35-19-23-42-40(25-35)45(50)38-3-1-2-37-43(38)47(42)41-22-18-34(24-39(41)44(37)49)31-8-4-27(5-9-31)29-12-14-33(15-13-29)46(51)52/h1-26H,(H,51,52). The fourth-order valence-electron chi connectivity index (χ4n) is 7.29. The van der Waals surface area contributed by atoms with Crippen molar-refractivity contribution < 1.29 is 19.4 Å². The van der Waals surface area contributed by atoms with Crippen LogP contribution in [0.1, 0.15) is 10.4 Å². The van der Waals surface area contributed by atoms with E-state index in [4.69, 9.17) is 4.74 Å². The molecule has 0 radical (unpaired) electrons. The second kappa shape index (κ2) is 12.4. The first-order valence-electron chi connectivity index (χ1n) is 16.9. The van der Waals surface area contributed by atoms with Gasteiger partial charge in [-0.2, -0.15) is 0 Å². The minimum Gasteiger partial charge on any atom is -0.478 e. The Kier molecular flexibility index (Phi) is 7.41. The number of para-hydroxylation sites is 1. The average molecular weight is 690 g/mol. The van der Waals surface area contributed by atoms with Gasteiger partial charge in [0.1, 0.15) is 5.75 Å². The molecule has 9 rings (SSSR count). The maximum atomic E-state index is 14.1. The predicted octanol–water partition coefficient (Wildman–Crippen LogP) is 9.46. The number of carboxylic acid groups (broad SMARTS) is 1. The molecule has 0 saturated heterocycles. The van der Waals surface area contributed by atoms with Crippen LogP contribution in [0.25, 0.3) is 82.6 Å². The van der Waals surface area contributed by atoms with Crippen molar-refractivity contribution >= 4 is 50.5 Å². The van der Waals surface area contributed by atoms with Crippen LogP contribution in [0.5, 0.6) is 5.75 Å². The molecule has 0 aliphatic carbocycles. The molecular formula is C46H27NO6. The van der Waals surface area contributed by atoms with Gasteiger partial charge >= 0.3 is 5.97 Å². The van der Waals surface area contributed by atoms with Gasteiger partial charge in [0, 0.05) is 21.5 Å². The van der Waals surface area contributed by atoms with E-state index in [9.17, 15) is 24.3 Å². The van der Waals surface area contributed by atoms with Crippen LogP contribution < -0.4 is 15.6 Å². The number of benzene rings is 7. The molecule has 0 unspecified atom stereocenters. The summed E-state index contributed by atoms with van der Waals surface area (Å²) >= 11 is 0. The number of nitrogens with zero attached hydrogens (tertiary/aromatic N) is 1. The molecule has 0 amide bonds. The van der Waals surface area contributed by atoms with Crippen molar-refractivity contribution in [1.82, 2.24) is 4.40 Å². The van der Waals surface area contributed by atoms with E-state index in [-0.39, 0.29) is 16.4 Å². The Labute approximate surface area is 301 Å². The highest BCUT2D eigenvalue weighted by Crippen LogP contribution is 2.33. The van der Waals surface area contributed by atoms with Gasteiger partial charge in [0.25, 0.3) is 6.47 Å². The van der Waals surface area contributed by atoms with Crippen LogP contribution in [0.4, 0.5) is 0 Å². The Morgan fingerprint density at radius 2 is 0.868 bits per heavy atom. The van der Waals surface area contributed by atoms with E-state index in [1.807, 2.05) is 101 Å². The third kappa shape index (κ3) is 5.30. The highest BCUT2D eigenvalue weighted by atomic mass is 16.5. The Morgan fingerprint density at radius 1 is 0.491 bits per heavy atom. The summed E-state index contributed by atoms with van der Waals surface area (Å²) in [6, 6.07) is 47.1. The van der Waals surface area contributed by atoms with Crippen LogP contribution in [-0.2, 0) is 4.79 Å². The molecule has 53 heavy (non-hydrogen) atoms. The van der Waals surface area contributed by atoms with E-state index in [1.54, 1.807) is 54.6 Å². The van der Waals surface area contributed by atoms with Gasteiger partial charge < -0.3 is 14.2 Å². The molecule has 0 atom stereocenters. The monoisotopic (exact) mass is 689 g/mol. The van der Waals surface area contributed by atoms with Crippen molar-refractivity contribution in [3.05, 3.63) is 178 Å². The van der Waals surface area contributed by atoms with Crippen LogP contribution >= 0.6 is 0 Å². The third-order valence-corrected chi connectivity index (χ3v) is 9.99. The third-order valence-electron chi connectivity index (χ3n) is 9.99. The SMILES string of the molecule is O=COc1ccc(-c2ccc(-c3ccc4c(c3)c(=O)c3cccc5c(=O)c6cc(-c7ccc(-c8ccc(C(=O)O)cc8)cc7)ccc6n4c35)cc2)cc1. The first-order valence-corrected chi connectivity index (χ1v) is 16.9. The quantitative estimate of drug-likeness (QED) is 0.102. The Morgan fingerprint density at radius 3 is 1.28 bits per heavy atom. The number of aromatic nitrogens is 1. The minimum atomic E-state index is -0.965. The highest BCUT2D eigenvalue weighted by Gasteiger charge is 2.18. The zero-order chi connectivity index (χ0) is 36.2. The Balaban J connectivity index is 1.13. The molecule has 0 aliphatic rings. The van der Waals surface area contributed by atoms with Crippen LogP contribution in [-0.4, -0.2) is 21.9 Å². The second-order valence-electron chi connectivity index (χ2n) is 12.9. The number of hydrogen-bond donors (Lipinski definition) is 1. The fourth-order valence-corrected chi connectivity index (χ4v) is 7.29. The van der Waals surface area contributed by atoms with Crippen LogP contribution in [0, 0.1) is 0 Å². The van der Waals surface area contributed by atoms with E-state index in [0.29, 0.717) is 50.3 Å². The summed E-state index contributed by atoms with van der Waals surface area (Å²) in [5.74, 6) is -0.489. The summed E-state index contributed by atoms with van der Waals surface area (Å²) in [7, 11) is 0. The van der Waals surface area contributed by atoms with Gasteiger partial charge in [0.05, 0.1) is 22.1 Å². The number of carbonyl (C=O) groups is 2. The van der Waals surface area contributed by atoms with Crippen LogP contribution in [0.15, 0.2) is 161 Å². The van der Waals surface area contributed by atoms with E-state index in [1.165, 1.54) is 0 Å². The lowest BCUT2D eigenvalue weighted by molar-refractivity contribution is -0.120. The maximum Gasteiger partial charge on any atom is 0.335 e. The molecular weight excluding hydrogens is 663 g/mol. The summed E-state index contributed by atoms with van der Waals surface area (Å²) in [6.45, 7) is 0.404. The lowest BCUT2D eigenvalue weighted by atomic mass is 9.96. The number of fused-ring (bicyclic) bond motifs is 4. The normalized spacial score (nSPS) is 11.4. The molecule has 0 aliphatic heterocycles. The lowest BCUT2D eigenvalue weighted by Gasteiger charge is -2.16. The first kappa shape index (κ1) is 31.6. The van der Waals surface area contributed by atoms with Crippen molar-refractivity contribution in [2.75, 3.05) is 0 Å². The summed E-state index contributed by atoms with van der Waals surface area (Å²) < 4.78 is 6.95. The van der Waals surface area contributed by atoms with E-state index < -0.39 is 5.97 Å². The number of pyridine rings is 2. The van der Waals surface area contributed by atoms with Gasteiger partial charge in [0.15, 0.2) is 10.9 Å². The lowest BCUT2D eigenvalue weighted by Crippen LogP contribution is -2.14. The molecule has 7 heteroatoms. The number of rotatable bonds is 7. The molecule has 7 nitrogen and oxygen atoms in total. The molecule has 2 heterocycles. The van der Waals surface area contributed by atoms with Gasteiger partial charge in [-0.1, -0.05) is 91.0 Å². The largest absolute Gasteiger partial charge is 0.478 e. The fraction of sp³-hybridized carbons (Fsp3) is 0. The van der Waals surface area contributed by atoms with Gasteiger partial charge in [-0.25, -0.2) is 4.79 Å².